The lowest BCUT2D eigenvalue weighted by Gasteiger charge is -2.20. The highest BCUT2D eigenvalue weighted by molar-refractivity contribution is 14.0. The van der Waals surface area contributed by atoms with E-state index < -0.39 is 0 Å². The molecule has 2 N–H and O–H groups in total. The second kappa shape index (κ2) is 14.0. The molecule has 0 spiro atoms. The highest BCUT2D eigenvalue weighted by atomic mass is 127. The number of aliphatic imine (C=N–C) groups is 1. The molecule has 0 radical (unpaired) electrons. The van der Waals surface area contributed by atoms with Gasteiger partial charge in [-0.15, -0.1) is 24.0 Å². The SMILES string of the molecule is CCOc1cc(CNC(=NC)NCCCN2CCCCCC2)ccn1.I. The van der Waals surface area contributed by atoms with Crippen LogP contribution in [-0.4, -0.2) is 55.7 Å². The van der Waals surface area contributed by atoms with E-state index in [1.54, 1.807) is 6.20 Å². The number of aromatic nitrogens is 1. The Morgan fingerprint density at radius 3 is 2.69 bits per heavy atom. The Morgan fingerprint density at radius 2 is 2.00 bits per heavy atom. The number of rotatable bonds is 8. The van der Waals surface area contributed by atoms with Gasteiger partial charge in [-0.05, 0) is 57.5 Å². The fourth-order valence-electron chi connectivity index (χ4n) is 3.06. The molecule has 26 heavy (non-hydrogen) atoms. The minimum absolute atomic E-state index is 0. The smallest absolute Gasteiger partial charge is 0.213 e. The Hall–Kier alpha value is -1.09. The Labute approximate surface area is 175 Å². The van der Waals surface area contributed by atoms with Gasteiger partial charge in [-0.25, -0.2) is 4.98 Å². The van der Waals surface area contributed by atoms with Gasteiger partial charge < -0.3 is 20.3 Å². The molecule has 2 rings (SSSR count). The van der Waals surface area contributed by atoms with Crippen LogP contribution in [0.25, 0.3) is 0 Å². The summed E-state index contributed by atoms with van der Waals surface area (Å²) in [6.07, 6.45) is 8.42. The van der Waals surface area contributed by atoms with Crippen molar-refractivity contribution >= 4 is 29.9 Å². The third-order valence-electron chi connectivity index (χ3n) is 4.42. The van der Waals surface area contributed by atoms with E-state index in [4.69, 9.17) is 4.74 Å². The van der Waals surface area contributed by atoms with Crippen molar-refractivity contribution in [1.29, 1.82) is 0 Å². The summed E-state index contributed by atoms with van der Waals surface area (Å²) >= 11 is 0. The van der Waals surface area contributed by atoms with Gasteiger partial charge in [0.25, 0.3) is 0 Å². The largest absolute Gasteiger partial charge is 0.478 e. The summed E-state index contributed by atoms with van der Waals surface area (Å²) in [5, 5.41) is 6.75. The van der Waals surface area contributed by atoms with Crippen molar-refractivity contribution in [2.24, 2.45) is 4.99 Å². The summed E-state index contributed by atoms with van der Waals surface area (Å²) in [6, 6.07) is 3.95. The second-order valence-corrected chi connectivity index (χ2v) is 6.40. The summed E-state index contributed by atoms with van der Waals surface area (Å²) in [6.45, 7) is 7.93. The summed E-state index contributed by atoms with van der Waals surface area (Å²) in [5.41, 5.74) is 1.13. The molecule has 1 saturated heterocycles. The van der Waals surface area contributed by atoms with Gasteiger partial charge in [0, 0.05) is 32.4 Å². The van der Waals surface area contributed by atoms with Gasteiger partial charge in [0.15, 0.2) is 5.96 Å². The number of ether oxygens (including phenoxy) is 1. The number of nitrogens with zero attached hydrogens (tertiary/aromatic N) is 3. The number of guanidine groups is 1. The molecule has 7 heteroatoms. The van der Waals surface area contributed by atoms with Gasteiger partial charge in [0.1, 0.15) is 0 Å². The van der Waals surface area contributed by atoms with Crippen LogP contribution in [-0.2, 0) is 6.54 Å². The zero-order valence-electron chi connectivity index (χ0n) is 16.2. The molecule has 6 nitrogen and oxygen atoms in total. The molecule has 1 aliphatic rings. The van der Waals surface area contributed by atoms with Crippen LogP contribution in [0.4, 0.5) is 0 Å². The van der Waals surface area contributed by atoms with E-state index in [1.165, 1.54) is 45.3 Å². The van der Waals surface area contributed by atoms with Crippen LogP contribution in [0.15, 0.2) is 23.3 Å². The van der Waals surface area contributed by atoms with Crippen molar-refractivity contribution in [3.8, 4) is 5.88 Å². The molecule has 1 aromatic heterocycles. The minimum atomic E-state index is 0. The molecule has 1 fully saturated rings. The van der Waals surface area contributed by atoms with E-state index in [0.717, 1.165) is 24.5 Å². The van der Waals surface area contributed by atoms with Gasteiger partial charge in [0.2, 0.25) is 5.88 Å². The molecule has 0 atom stereocenters. The summed E-state index contributed by atoms with van der Waals surface area (Å²) < 4.78 is 5.44. The van der Waals surface area contributed by atoms with Crippen molar-refractivity contribution in [2.75, 3.05) is 39.8 Å². The van der Waals surface area contributed by atoms with Crippen LogP contribution in [0.2, 0.25) is 0 Å². The standard InChI is InChI=1S/C19H33N5O.HI/c1-3-25-18-15-17(9-11-21-18)16-23-19(20-2)22-10-8-14-24-12-6-4-5-7-13-24;/h9,11,15H,3-8,10,12-14,16H2,1-2H3,(H2,20,22,23);1H. The Morgan fingerprint density at radius 1 is 1.23 bits per heavy atom. The van der Waals surface area contributed by atoms with Crippen LogP contribution in [0.3, 0.4) is 0 Å². The van der Waals surface area contributed by atoms with Crippen molar-refractivity contribution in [2.45, 2.75) is 45.6 Å². The Bertz CT molecular complexity index is 518. The zero-order valence-corrected chi connectivity index (χ0v) is 18.5. The van der Waals surface area contributed by atoms with E-state index in [1.807, 2.05) is 26.1 Å². The lowest BCUT2D eigenvalue weighted by Crippen LogP contribution is -2.38. The quantitative estimate of drug-likeness (QED) is 0.262. The molecule has 148 valence electrons. The van der Waals surface area contributed by atoms with Crippen LogP contribution in [0, 0.1) is 0 Å². The first-order valence-electron chi connectivity index (χ1n) is 9.56. The van der Waals surface area contributed by atoms with Crippen LogP contribution in [0.5, 0.6) is 5.88 Å². The van der Waals surface area contributed by atoms with Crippen molar-refractivity contribution < 1.29 is 4.74 Å². The average molecular weight is 475 g/mol. The molecule has 0 unspecified atom stereocenters. The molecule has 0 aromatic carbocycles. The van der Waals surface area contributed by atoms with Gasteiger partial charge in [-0.3, -0.25) is 4.99 Å². The number of hydrogen-bond acceptors (Lipinski definition) is 4. The predicted molar refractivity (Wildman–Crippen MR) is 119 cm³/mol. The monoisotopic (exact) mass is 475 g/mol. The fraction of sp³-hybridized carbons (Fsp3) is 0.684. The number of hydrogen-bond donors (Lipinski definition) is 2. The number of halogens is 1. The average Bonchev–Trinajstić information content (AvgIpc) is 2.90. The maximum atomic E-state index is 5.44. The lowest BCUT2D eigenvalue weighted by atomic mass is 10.2. The number of nitrogens with one attached hydrogen (secondary N) is 2. The van der Waals surface area contributed by atoms with Gasteiger partial charge in [0.05, 0.1) is 6.61 Å². The Balaban J connectivity index is 0.00000338. The van der Waals surface area contributed by atoms with Crippen LogP contribution >= 0.6 is 24.0 Å². The first kappa shape index (κ1) is 23.0. The third kappa shape index (κ3) is 9.02. The Kier molecular flexibility index (Phi) is 12.4. The van der Waals surface area contributed by atoms with Crippen LogP contribution in [0.1, 0.15) is 44.6 Å². The second-order valence-electron chi connectivity index (χ2n) is 6.40. The fourth-order valence-corrected chi connectivity index (χ4v) is 3.06. The lowest BCUT2D eigenvalue weighted by molar-refractivity contribution is 0.282. The minimum Gasteiger partial charge on any atom is -0.478 e. The highest BCUT2D eigenvalue weighted by Crippen LogP contribution is 2.10. The van der Waals surface area contributed by atoms with E-state index >= 15 is 0 Å². The van der Waals surface area contributed by atoms with Crippen LogP contribution < -0.4 is 15.4 Å². The van der Waals surface area contributed by atoms with Gasteiger partial charge >= 0.3 is 0 Å². The zero-order chi connectivity index (χ0) is 17.7. The molecular formula is C19H34IN5O. The normalized spacial score (nSPS) is 15.7. The van der Waals surface area contributed by atoms with E-state index in [0.29, 0.717) is 19.0 Å². The molecular weight excluding hydrogens is 441 g/mol. The summed E-state index contributed by atoms with van der Waals surface area (Å²) in [7, 11) is 1.81. The first-order valence-corrected chi connectivity index (χ1v) is 9.56. The topological polar surface area (TPSA) is 61.8 Å². The molecule has 1 aromatic rings. The van der Waals surface area contributed by atoms with Crippen molar-refractivity contribution in [3.05, 3.63) is 23.9 Å². The van der Waals surface area contributed by atoms with Crippen molar-refractivity contribution in [1.82, 2.24) is 20.5 Å². The summed E-state index contributed by atoms with van der Waals surface area (Å²) in [4.78, 5) is 11.1. The maximum Gasteiger partial charge on any atom is 0.213 e. The maximum absolute atomic E-state index is 5.44. The number of pyridine rings is 1. The molecule has 0 aliphatic carbocycles. The predicted octanol–water partition coefficient (Wildman–Crippen LogP) is 3.03. The van der Waals surface area contributed by atoms with Crippen molar-refractivity contribution in [3.63, 3.8) is 0 Å². The van der Waals surface area contributed by atoms with Gasteiger partial charge in [-0.1, -0.05) is 12.8 Å². The molecule has 0 saturated carbocycles. The molecule has 0 amide bonds. The van der Waals surface area contributed by atoms with E-state index in [-0.39, 0.29) is 24.0 Å². The number of likely N-dealkylation sites (tertiary alicyclic amines) is 1. The first-order chi connectivity index (χ1) is 12.3. The van der Waals surface area contributed by atoms with Gasteiger partial charge in [-0.2, -0.15) is 0 Å². The molecule has 0 bridgehead atoms. The van der Waals surface area contributed by atoms with E-state index in [9.17, 15) is 0 Å². The van der Waals surface area contributed by atoms with E-state index in [2.05, 4.69) is 25.5 Å². The molecule has 2 heterocycles. The third-order valence-corrected chi connectivity index (χ3v) is 4.42. The summed E-state index contributed by atoms with van der Waals surface area (Å²) in [5.74, 6) is 1.51. The molecule has 1 aliphatic heterocycles. The highest BCUT2D eigenvalue weighted by Gasteiger charge is 2.08.